The molecule has 3 rings (SSSR count). The van der Waals surface area contributed by atoms with Crippen molar-refractivity contribution in [2.45, 2.75) is 44.6 Å². The summed E-state index contributed by atoms with van der Waals surface area (Å²) in [5.74, 6) is -0.464. The van der Waals surface area contributed by atoms with Crippen molar-refractivity contribution in [2.75, 3.05) is 11.1 Å². The fourth-order valence-electron chi connectivity index (χ4n) is 2.84. The average Bonchev–Trinajstić information content (AvgIpc) is 2.71. The van der Waals surface area contributed by atoms with Crippen LogP contribution in [0.3, 0.4) is 0 Å². The summed E-state index contributed by atoms with van der Waals surface area (Å²) in [7, 11) is -3.48. The van der Waals surface area contributed by atoms with Gasteiger partial charge in [-0.2, -0.15) is 18.2 Å². The Kier molecular flexibility index (Phi) is 6.43. The predicted octanol–water partition coefficient (Wildman–Crippen LogP) is 3.07. The number of aromatic nitrogens is 5. The third-order valence-corrected chi connectivity index (χ3v) is 6.51. The van der Waals surface area contributed by atoms with Crippen LogP contribution in [-0.4, -0.2) is 44.8 Å². The van der Waals surface area contributed by atoms with Gasteiger partial charge in [0, 0.05) is 12.7 Å². The fraction of sp³-hybridized carbons (Fsp3) is 0.389. The van der Waals surface area contributed by atoms with Crippen LogP contribution in [0.4, 0.5) is 19.0 Å². The van der Waals surface area contributed by atoms with Gasteiger partial charge in [-0.15, -0.1) is 0 Å². The quantitative estimate of drug-likeness (QED) is 0.523. The van der Waals surface area contributed by atoms with Crippen LogP contribution >= 0.6 is 11.6 Å². The van der Waals surface area contributed by atoms with Crippen LogP contribution < -0.4 is 10.9 Å². The SMILES string of the molecule is CCS(=O)(=O)c1ccc(CNc2nc3c(C)nc(Cl)nc3n([C@@H](C)C(F)(F)F)c2=O)cn1. The number of hydrogen-bond acceptors (Lipinski definition) is 8. The Morgan fingerprint density at radius 1 is 1.22 bits per heavy atom. The second kappa shape index (κ2) is 8.62. The van der Waals surface area contributed by atoms with Crippen molar-refractivity contribution in [3.63, 3.8) is 0 Å². The van der Waals surface area contributed by atoms with Crippen LogP contribution in [-0.2, 0) is 16.4 Å². The molecule has 1 atom stereocenters. The second-order valence-corrected chi connectivity index (χ2v) is 9.43. The first-order chi connectivity index (χ1) is 14.8. The van der Waals surface area contributed by atoms with E-state index in [-0.39, 0.29) is 45.3 Å². The van der Waals surface area contributed by atoms with Crippen molar-refractivity contribution < 1.29 is 21.6 Å². The van der Waals surface area contributed by atoms with Crippen molar-refractivity contribution in [2.24, 2.45) is 0 Å². The molecular formula is C18H18ClF3N6O3S. The molecule has 3 aromatic heterocycles. The molecule has 0 saturated carbocycles. The molecule has 0 radical (unpaired) electrons. The van der Waals surface area contributed by atoms with Gasteiger partial charge in [0.25, 0.3) is 5.56 Å². The molecule has 3 aromatic rings. The molecule has 172 valence electrons. The average molecular weight is 491 g/mol. The summed E-state index contributed by atoms with van der Waals surface area (Å²) in [5, 5.41) is 2.28. The summed E-state index contributed by atoms with van der Waals surface area (Å²) in [6.45, 7) is 3.76. The number of pyridine rings is 1. The number of rotatable bonds is 6. The Morgan fingerprint density at radius 3 is 2.47 bits per heavy atom. The van der Waals surface area contributed by atoms with E-state index in [0.717, 1.165) is 6.92 Å². The largest absolute Gasteiger partial charge is 0.409 e. The van der Waals surface area contributed by atoms with Gasteiger partial charge in [0.2, 0.25) is 5.28 Å². The monoisotopic (exact) mass is 490 g/mol. The number of alkyl halides is 3. The van der Waals surface area contributed by atoms with E-state index in [4.69, 9.17) is 11.6 Å². The summed E-state index contributed by atoms with van der Waals surface area (Å²) in [5.41, 5.74) is -0.716. The molecular weight excluding hydrogens is 473 g/mol. The van der Waals surface area contributed by atoms with Crippen molar-refractivity contribution in [3.05, 3.63) is 45.2 Å². The van der Waals surface area contributed by atoms with E-state index < -0.39 is 27.6 Å². The normalized spacial score (nSPS) is 13.3. The van der Waals surface area contributed by atoms with E-state index in [1.165, 1.54) is 32.2 Å². The Balaban J connectivity index is 2.04. The lowest BCUT2D eigenvalue weighted by Gasteiger charge is -2.21. The van der Waals surface area contributed by atoms with Crippen LogP contribution in [0.5, 0.6) is 0 Å². The number of fused-ring (bicyclic) bond motifs is 1. The highest BCUT2D eigenvalue weighted by Crippen LogP contribution is 2.31. The van der Waals surface area contributed by atoms with Crippen molar-refractivity contribution in [1.29, 1.82) is 0 Å². The van der Waals surface area contributed by atoms with Gasteiger partial charge >= 0.3 is 6.18 Å². The van der Waals surface area contributed by atoms with E-state index in [1.54, 1.807) is 0 Å². The van der Waals surface area contributed by atoms with Gasteiger partial charge in [0.15, 0.2) is 26.3 Å². The maximum atomic E-state index is 13.5. The molecule has 1 N–H and O–H groups in total. The van der Waals surface area contributed by atoms with E-state index in [9.17, 15) is 26.4 Å². The summed E-state index contributed by atoms with van der Waals surface area (Å²) < 4.78 is 64.5. The van der Waals surface area contributed by atoms with Gasteiger partial charge in [-0.25, -0.2) is 23.4 Å². The minimum Gasteiger partial charge on any atom is -0.361 e. The Bertz CT molecular complexity index is 1330. The lowest BCUT2D eigenvalue weighted by molar-refractivity contribution is -0.162. The lowest BCUT2D eigenvalue weighted by Crippen LogP contribution is -2.35. The fourth-order valence-corrected chi connectivity index (χ4v) is 3.83. The number of nitrogens with one attached hydrogen (secondary N) is 1. The zero-order valence-corrected chi connectivity index (χ0v) is 18.7. The molecule has 0 aromatic carbocycles. The van der Waals surface area contributed by atoms with Gasteiger partial charge in [-0.05, 0) is 37.1 Å². The molecule has 0 unspecified atom stereocenters. The lowest BCUT2D eigenvalue weighted by atomic mass is 10.2. The number of halogens is 4. The van der Waals surface area contributed by atoms with Crippen LogP contribution in [0.25, 0.3) is 11.2 Å². The van der Waals surface area contributed by atoms with Crippen molar-refractivity contribution in [1.82, 2.24) is 24.5 Å². The van der Waals surface area contributed by atoms with Crippen molar-refractivity contribution in [3.8, 4) is 0 Å². The summed E-state index contributed by atoms with van der Waals surface area (Å²) in [6, 6.07) is 0.592. The first-order valence-corrected chi connectivity index (χ1v) is 11.3. The molecule has 3 heterocycles. The van der Waals surface area contributed by atoms with Crippen LogP contribution in [0.2, 0.25) is 5.28 Å². The summed E-state index contributed by atoms with van der Waals surface area (Å²) in [6.07, 6.45) is -3.44. The molecule has 14 heteroatoms. The van der Waals surface area contributed by atoms with Crippen molar-refractivity contribution >= 4 is 38.4 Å². The summed E-state index contributed by atoms with van der Waals surface area (Å²) in [4.78, 5) is 28.6. The smallest absolute Gasteiger partial charge is 0.361 e. The highest BCUT2D eigenvalue weighted by Gasteiger charge is 2.39. The van der Waals surface area contributed by atoms with E-state index in [0.29, 0.717) is 10.1 Å². The Morgan fingerprint density at radius 2 is 1.91 bits per heavy atom. The van der Waals surface area contributed by atoms with E-state index >= 15 is 0 Å². The highest BCUT2D eigenvalue weighted by molar-refractivity contribution is 7.91. The maximum Gasteiger partial charge on any atom is 0.409 e. The third-order valence-electron chi connectivity index (χ3n) is 4.70. The van der Waals surface area contributed by atoms with E-state index in [1.807, 2.05) is 0 Å². The first kappa shape index (κ1) is 23.9. The number of nitrogens with zero attached hydrogens (tertiary/aromatic N) is 5. The first-order valence-electron chi connectivity index (χ1n) is 9.29. The van der Waals surface area contributed by atoms with Crippen LogP contribution in [0, 0.1) is 6.92 Å². The third kappa shape index (κ3) is 4.67. The number of anilines is 1. The molecule has 0 aliphatic heterocycles. The molecule has 0 bridgehead atoms. The standard InChI is InChI=1S/C18H18ClF3N6O3S/c1-4-32(30,31)12-6-5-11(7-23-12)8-24-14-16(29)28(10(3)18(20,21)22)15-13(26-14)9(2)25-17(19)27-15/h5-7,10H,4,8H2,1-3H3,(H,24,26)/t10-/m0/s1. The molecule has 0 aliphatic carbocycles. The molecule has 0 aliphatic rings. The molecule has 9 nitrogen and oxygen atoms in total. The predicted molar refractivity (Wildman–Crippen MR) is 111 cm³/mol. The molecule has 0 amide bonds. The Labute approximate surface area is 185 Å². The number of sulfone groups is 1. The molecule has 32 heavy (non-hydrogen) atoms. The Hall–Kier alpha value is -2.80. The zero-order valence-electron chi connectivity index (χ0n) is 17.1. The van der Waals surface area contributed by atoms with E-state index in [2.05, 4.69) is 25.3 Å². The second-order valence-electron chi connectivity index (χ2n) is 6.87. The van der Waals surface area contributed by atoms with Gasteiger partial charge in [-0.1, -0.05) is 13.0 Å². The minimum absolute atomic E-state index is 0.0184. The van der Waals surface area contributed by atoms with Gasteiger partial charge < -0.3 is 5.32 Å². The molecule has 0 spiro atoms. The van der Waals surface area contributed by atoms with Gasteiger partial charge in [0.05, 0.1) is 11.4 Å². The minimum atomic E-state index is -4.73. The van der Waals surface area contributed by atoms with Gasteiger partial charge in [-0.3, -0.25) is 9.36 Å². The number of aryl methyl sites for hydroxylation is 1. The molecule has 0 fully saturated rings. The topological polar surface area (TPSA) is 120 Å². The zero-order chi connectivity index (χ0) is 23.8. The highest BCUT2D eigenvalue weighted by atomic mass is 35.5. The summed E-state index contributed by atoms with van der Waals surface area (Å²) >= 11 is 5.79. The van der Waals surface area contributed by atoms with Gasteiger partial charge in [0.1, 0.15) is 11.6 Å². The maximum absolute atomic E-state index is 13.5. The molecule has 0 saturated heterocycles. The number of hydrogen-bond donors (Lipinski definition) is 1. The van der Waals surface area contributed by atoms with Crippen LogP contribution in [0.15, 0.2) is 28.2 Å². The van der Waals surface area contributed by atoms with Crippen LogP contribution in [0.1, 0.15) is 31.1 Å².